The number of furan rings is 3. The first kappa shape index (κ1) is 83.6. The average Bonchev–Trinajstić information content (AvgIpc) is 0.899. The molecule has 3 N–H and O–H groups in total. The maximum absolute atomic E-state index is 15.1. The first-order valence-electron chi connectivity index (χ1n) is 43.5. The first-order chi connectivity index (χ1) is 59.3. The number of fused-ring (bicyclic) bond motifs is 6. The summed E-state index contributed by atoms with van der Waals surface area (Å²) >= 11 is 10.8. The number of likely N-dealkylation sites (tertiary alicyclic amines) is 1. The summed E-state index contributed by atoms with van der Waals surface area (Å²) < 4.78 is 79.8. The SMILES string of the molecule is Fc1cccc(C2=NC3CCCCC3N2)c1CCc1cc(Br)cc2ccoc12.Fc1cccc(C2=NCCN2CC2CCNCC2)c1CCc1cc(Br)cc2ccoc12.Fc1cccc(C2=NCCN2CCCN2CCCC2)c1CCc1cc(Br)cc2ccccc12.N#Cc1cc(CCc2c(F)cccc2C2=NC3CCCCC3N2)c2occc2c1. The molecule has 6 aliphatic heterocycles. The summed E-state index contributed by atoms with van der Waals surface area (Å²) in [5, 5.41) is 25.3. The van der Waals surface area contributed by atoms with Crippen molar-refractivity contribution in [2.45, 2.75) is 159 Å². The number of amidine groups is 4. The van der Waals surface area contributed by atoms with Crippen molar-refractivity contribution in [2.24, 2.45) is 25.9 Å². The average molecular weight is 1820 g/mol. The highest BCUT2D eigenvalue weighted by molar-refractivity contribution is 9.11. The van der Waals surface area contributed by atoms with Crippen molar-refractivity contribution < 1.29 is 30.8 Å². The van der Waals surface area contributed by atoms with E-state index in [0.717, 1.165) is 223 Å². The highest BCUT2D eigenvalue weighted by atomic mass is 79.9. The van der Waals surface area contributed by atoms with Crippen LogP contribution in [0, 0.1) is 40.5 Å². The second-order valence-corrected chi connectivity index (χ2v) is 36.1. The number of hydrogen-bond acceptors (Lipinski definition) is 14. The van der Waals surface area contributed by atoms with E-state index >= 15 is 8.78 Å². The lowest BCUT2D eigenvalue weighted by molar-refractivity contribution is 0.295. The maximum Gasteiger partial charge on any atom is 0.137 e. The smallest absolute Gasteiger partial charge is 0.137 e. The number of halogens is 7. The molecular formula is C100H102Br3F4N11O3. The number of aryl methyl sites for hydroxylation is 4. The molecule has 0 amide bonds. The summed E-state index contributed by atoms with van der Waals surface area (Å²) in [5.41, 5.74) is 14.0. The Hall–Kier alpha value is -9.69. The van der Waals surface area contributed by atoms with Gasteiger partial charge in [0.1, 0.15) is 63.4 Å². The summed E-state index contributed by atoms with van der Waals surface area (Å²) in [5.74, 6) is 3.65. The number of piperidine rings is 1. The van der Waals surface area contributed by atoms with Gasteiger partial charge in [-0.25, -0.2) is 17.6 Å². The molecule has 121 heavy (non-hydrogen) atoms. The molecule has 9 heterocycles. The van der Waals surface area contributed by atoms with Gasteiger partial charge in [-0.15, -0.1) is 0 Å². The van der Waals surface area contributed by atoms with Gasteiger partial charge in [-0.05, 0) is 294 Å². The Bertz CT molecular complexity index is 5880. The molecule has 12 aromatic rings. The Morgan fingerprint density at radius 2 is 0.860 bits per heavy atom. The normalized spacial score (nSPS) is 19.0. The molecule has 0 bridgehead atoms. The fourth-order valence-corrected chi connectivity index (χ4v) is 20.9. The lowest BCUT2D eigenvalue weighted by Gasteiger charge is -2.30. The van der Waals surface area contributed by atoms with Crippen molar-refractivity contribution in [3.63, 3.8) is 0 Å². The van der Waals surface area contributed by atoms with Crippen molar-refractivity contribution in [2.75, 3.05) is 72.0 Å². The van der Waals surface area contributed by atoms with Crippen molar-refractivity contribution in [3.05, 3.63) is 292 Å². The van der Waals surface area contributed by atoms with Crippen molar-refractivity contribution in [1.82, 2.24) is 30.7 Å². The predicted molar refractivity (Wildman–Crippen MR) is 489 cm³/mol. The van der Waals surface area contributed by atoms with E-state index in [0.29, 0.717) is 86.2 Å². The van der Waals surface area contributed by atoms with Crippen LogP contribution in [0.25, 0.3) is 43.7 Å². The van der Waals surface area contributed by atoms with Gasteiger partial charge < -0.3 is 43.9 Å². The summed E-state index contributed by atoms with van der Waals surface area (Å²) in [7, 11) is 0. The van der Waals surface area contributed by atoms with Crippen LogP contribution in [0.3, 0.4) is 0 Å². The second-order valence-electron chi connectivity index (χ2n) is 33.3. The van der Waals surface area contributed by atoms with Crippen LogP contribution < -0.4 is 16.0 Å². The molecule has 4 atom stereocenters. The van der Waals surface area contributed by atoms with E-state index in [1.54, 1.807) is 49.1 Å². The maximum atomic E-state index is 15.1. The number of nitriles is 1. The van der Waals surface area contributed by atoms with E-state index in [2.05, 4.69) is 139 Å². The van der Waals surface area contributed by atoms with Gasteiger partial charge in [-0.1, -0.05) is 146 Å². The zero-order valence-electron chi connectivity index (χ0n) is 68.3. The monoisotopic (exact) mass is 1820 g/mol. The third kappa shape index (κ3) is 19.7. The molecule has 9 aromatic carbocycles. The van der Waals surface area contributed by atoms with E-state index in [-0.39, 0.29) is 23.3 Å². The Balaban J connectivity index is 0.000000115. The minimum Gasteiger partial charge on any atom is -0.464 e. The van der Waals surface area contributed by atoms with Gasteiger partial charge in [0.25, 0.3) is 0 Å². The zero-order chi connectivity index (χ0) is 82.7. The molecule has 2 saturated carbocycles. The number of nitrogens with one attached hydrogen (secondary N) is 3. The highest BCUT2D eigenvalue weighted by Crippen LogP contribution is 2.36. The summed E-state index contributed by atoms with van der Waals surface area (Å²) in [4.78, 5) is 26.7. The summed E-state index contributed by atoms with van der Waals surface area (Å²) in [6, 6.07) is 55.4. The van der Waals surface area contributed by atoms with Crippen molar-refractivity contribution >= 4 is 115 Å². The minimum absolute atomic E-state index is 0.126. The fourth-order valence-electron chi connectivity index (χ4n) is 19.4. The van der Waals surface area contributed by atoms with Crippen molar-refractivity contribution in [1.29, 1.82) is 5.26 Å². The fraction of sp³-hybridized carbons (Fsp3) is 0.370. The zero-order valence-corrected chi connectivity index (χ0v) is 73.0. The third-order valence-corrected chi connectivity index (χ3v) is 26.9. The second kappa shape index (κ2) is 39.2. The van der Waals surface area contributed by atoms with E-state index in [1.165, 1.54) is 86.9 Å². The summed E-state index contributed by atoms with van der Waals surface area (Å²) in [6.45, 7) is 11.2. The Kier molecular flexibility index (Phi) is 27.1. The van der Waals surface area contributed by atoms with Crippen LogP contribution in [0.1, 0.15) is 156 Å². The molecule has 0 radical (unpaired) electrons. The minimum atomic E-state index is -0.214. The molecule has 4 fully saturated rings. The quantitative estimate of drug-likeness (QED) is 0.0558. The number of hydrogen-bond donors (Lipinski definition) is 3. The molecular weight excluding hydrogens is 1720 g/mol. The molecule has 2 aliphatic carbocycles. The van der Waals surface area contributed by atoms with Gasteiger partial charge in [0.2, 0.25) is 0 Å². The number of aliphatic imine (C=N–C) groups is 4. The van der Waals surface area contributed by atoms with Crippen molar-refractivity contribution in [3.8, 4) is 6.07 Å². The molecule has 21 heteroatoms. The van der Waals surface area contributed by atoms with Crippen LogP contribution in [0.4, 0.5) is 17.6 Å². The number of nitrogens with zero attached hydrogens (tertiary/aromatic N) is 8. The Morgan fingerprint density at radius 3 is 1.37 bits per heavy atom. The lowest BCUT2D eigenvalue weighted by Crippen LogP contribution is -2.38. The van der Waals surface area contributed by atoms with Crippen LogP contribution in [0.5, 0.6) is 0 Å². The van der Waals surface area contributed by atoms with Crippen LogP contribution in [-0.2, 0) is 51.4 Å². The van der Waals surface area contributed by atoms with E-state index < -0.39 is 0 Å². The van der Waals surface area contributed by atoms with Crippen LogP contribution in [0.2, 0.25) is 0 Å². The highest BCUT2D eigenvalue weighted by Gasteiger charge is 2.35. The van der Waals surface area contributed by atoms with Gasteiger partial charge in [-0.3, -0.25) is 20.0 Å². The molecule has 624 valence electrons. The van der Waals surface area contributed by atoms with E-state index in [1.807, 2.05) is 72.8 Å². The van der Waals surface area contributed by atoms with Gasteiger partial charge in [0.05, 0.1) is 55.6 Å². The lowest BCUT2D eigenvalue weighted by atomic mass is 9.92. The predicted octanol–water partition coefficient (Wildman–Crippen LogP) is 21.9. The van der Waals surface area contributed by atoms with Crippen LogP contribution in [-0.4, -0.2) is 134 Å². The van der Waals surface area contributed by atoms with Crippen LogP contribution in [0.15, 0.2) is 229 Å². The van der Waals surface area contributed by atoms with Gasteiger partial charge >= 0.3 is 0 Å². The van der Waals surface area contributed by atoms with E-state index in [9.17, 15) is 14.0 Å². The largest absolute Gasteiger partial charge is 0.464 e. The number of benzene rings is 9. The third-order valence-electron chi connectivity index (χ3n) is 25.5. The standard InChI is InChI=1S/C28H31BrFN3.C25H27BrFN3O.C24H22FN3O.C23H22BrFN2O/c29-23-19-21-7-1-2-8-24(21)22(20-23)11-12-25-26(9-5-10-27(25)30)28-31-13-18-33(28)17-6-16-32-14-3-4-15-32;26-20-14-18(24-19(15-20)8-13-31-24)4-5-21-22(2-1-3-23(21)27)25-29-11-12-30(25)16-17-6-9-28-10-7-17;25-20-5-3-4-19(24-27-21-6-1-2-7-22(21)28-24)18(20)9-8-16-12-15(14-26)13-17-10-11-29-23(16)17;24-16-12-14(22-15(13-16)10-11-28-22)8-9-17-18(4-3-5-19(17)25)23-26-20-6-1-2-7-21(20)27-23/h1-2,5,7-10,19-20H,3-4,6,11-18H2;1-3,8,13-15,17,28H,4-7,9-12,16H2;3-5,10-13,21-22H,1-2,6-9H2,(H,27,28);3-5,10-13,20-21H,1-2,6-9H2,(H,26,27). The molecule has 4 unspecified atom stereocenters. The number of rotatable bonds is 22. The van der Waals surface area contributed by atoms with Gasteiger partial charge in [0, 0.05) is 90.1 Å². The van der Waals surface area contributed by atoms with Crippen LogP contribution >= 0.6 is 47.8 Å². The van der Waals surface area contributed by atoms with E-state index in [4.69, 9.17) is 33.2 Å². The van der Waals surface area contributed by atoms with Gasteiger partial charge in [-0.2, -0.15) is 5.26 Å². The molecule has 20 rings (SSSR count). The van der Waals surface area contributed by atoms with Gasteiger partial charge in [0.15, 0.2) is 0 Å². The Labute approximate surface area is 730 Å². The molecule has 8 aliphatic rings. The summed E-state index contributed by atoms with van der Waals surface area (Å²) in [6.07, 6.45) is 25.8. The molecule has 0 spiro atoms. The first-order valence-corrected chi connectivity index (χ1v) is 45.9. The Morgan fingerprint density at radius 1 is 0.421 bits per heavy atom. The topological polar surface area (TPSA) is 158 Å². The molecule has 2 saturated heterocycles. The molecule has 14 nitrogen and oxygen atoms in total. The molecule has 3 aromatic heterocycles.